The van der Waals surface area contributed by atoms with Crippen LogP contribution in [0.3, 0.4) is 0 Å². The lowest BCUT2D eigenvalue weighted by molar-refractivity contribution is -0.138. The van der Waals surface area contributed by atoms with E-state index < -0.39 is 5.97 Å². The van der Waals surface area contributed by atoms with Crippen molar-refractivity contribution in [1.29, 1.82) is 0 Å². The van der Waals surface area contributed by atoms with Crippen LogP contribution in [0.15, 0.2) is 24.3 Å². The van der Waals surface area contributed by atoms with Gasteiger partial charge in [-0.1, -0.05) is 19.1 Å². The van der Waals surface area contributed by atoms with Crippen molar-refractivity contribution >= 4 is 5.97 Å². The van der Waals surface area contributed by atoms with E-state index in [0.29, 0.717) is 6.54 Å². The maximum atomic E-state index is 12.7. The normalized spacial score (nSPS) is 12.7. The zero-order valence-electron chi connectivity index (χ0n) is 10.2. The summed E-state index contributed by atoms with van der Waals surface area (Å²) < 4.78 is 12.7. The van der Waals surface area contributed by atoms with Crippen molar-refractivity contribution in [3.05, 3.63) is 35.6 Å². The van der Waals surface area contributed by atoms with Crippen LogP contribution in [0.4, 0.5) is 4.39 Å². The summed E-state index contributed by atoms with van der Waals surface area (Å²) in [6, 6.07) is 6.45. The molecule has 1 unspecified atom stereocenters. The maximum absolute atomic E-state index is 12.7. The minimum atomic E-state index is -0.821. The molecule has 0 aliphatic heterocycles. The molecule has 17 heavy (non-hydrogen) atoms. The predicted octanol–water partition coefficient (Wildman–Crippen LogP) is 2.16. The highest BCUT2D eigenvalue weighted by Gasteiger charge is 2.15. The molecule has 0 saturated heterocycles. The van der Waals surface area contributed by atoms with E-state index in [9.17, 15) is 9.18 Å². The van der Waals surface area contributed by atoms with Crippen LogP contribution in [-0.2, 0) is 11.2 Å². The van der Waals surface area contributed by atoms with Crippen molar-refractivity contribution in [2.45, 2.75) is 26.3 Å². The molecule has 3 nitrogen and oxygen atoms in total. The number of likely N-dealkylation sites (N-methyl/N-ethyl adjacent to an activating group) is 1. The fraction of sp³-hybridized carbons (Fsp3) is 0.462. The van der Waals surface area contributed by atoms with Crippen molar-refractivity contribution in [2.24, 2.45) is 0 Å². The lowest BCUT2D eigenvalue weighted by Gasteiger charge is -2.26. The summed E-state index contributed by atoms with van der Waals surface area (Å²) in [5.41, 5.74) is 1.02. The smallest absolute Gasteiger partial charge is 0.317 e. The van der Waals surface area contributed by atoms with Crippen LogP contribution in [0, 0.1) is 5.82 Å². The first-order valence-corrected chi connectivity index (χ1v) is 5.73. The molecular weight excluding hydrogens is 221 g/mol. The number of carbonyl (C=O) groups is 1. The van der Waals surface area contributed by atoms with E-state index in [4.69, 9.17) is 5.11 Å². The zero-order valence-corrected chi connectivity index (χ0v) is 10.2. The van der Waals surface area contributed by atoms with E-state index in [1.165, 1.54) is 12.1 Å². The first kappa shape index (κ1) is 13.6. The molecule has 0 heterocycles. The molecule has 0 radical (unpaired) electrons. The Morgan fingerprint density at radius 3 is 2.47 bits per heavy atom. The Morgan fingerprint density at radius 1 is 1.41 bits per heavy atom. The van der Waals surface area contributed by atoms with E-state index in [1.807, 2.05) is 18.7 Å². The molecule has 94 valence electrons. The van der Waals surface area contributed by atoms with Crippen LogP contribution in [-0.4, -0.2) is 35.1 Å². The molecule has 1 aromatic carbocycles. The molecule has 1 rings (SSSR count). The minimum absolute atomic E-state index is 0.0405. The Balaban J connectivity index is 2.60. The molecule has 1 atom stereocenters. The van der Waals surface area contributed by atoms with E-state index in [-0.39, 0.29) is 18.4 Å². The van der Waals surface area contributed by atoms with Gasteiger partial charge in [-0.2, -0.15) is 0 Å². The molecule has 0 aromatic heterocycles. The number of hydrogen-bond acceptors (Lipinski definition) is 2. The summed E-state index contributed by atoms with van der Waals surface area (Å²) in [4.78, 5) is 12.6. The van der Waals surface area contributed by atoms with Crippen molar-refractivity contribution in [3.63, 3.8) is 0 Å². The third-order valence-corrected chi connectivity index (χ3v) is 2.81. The average molecular weight is 239 g/mol. The highest BCUT2D eigenvalue weighted by atomic mass is 19.1. The first-order valence-electron chi connectivity index (χ1n) is 5.73. The number of aliphatic carboxylic acids is 1. The van der Waals surface area contributed by atoms with Crippen LogP contribution < -0.4 is 0 Å². The van der Waals surface area contributed by atoms with Gasteiger partial charge in [0.2, 0.25) is 0 Å². The lowest BCUT2D eigenvalue weighted by Crippen LogP contribution is -2.38. The number of rotatable bonds is 6. The van der Waals surface area contributed by atoms with Crippen molar-refractivity contribution in [1.82, 2.24) is 4.90 Å². The quantitative estimate of drug-likeness (QED) is 0.827. The van der Waals surface area contributed by atoms with Crippen LogP contribution >= 0.6 is 0 Å². The second-order valence-corrected chi connectivity index (χ2v) is 4.14. The Morgan fingerprint density at radius 2 is 2.00 bits per heavy atom. The molecule has 1 aromatic rings. The molecule has 0 aliphatic rings. The summed E-state index contributed by atoms with van der Waals surface area (Å²) in [6.07, 6.45) is 0.724. The van der Waals surface area contributed by atoms with Gasteiger partial charge in [-0.25, -0.2) is 4.39 Å². The third kappa shape index (κ3) is 4.53. The second-order valence-electron chi connectivity index (χ2n) is 4.14. The average Bonchev–Trinajstić information content (AvgIpc) is 2.28. The van der Waals surface area contributed by atoms with Gasteiger partial charge in [-0.05, 0) is 37.6 Å². The van der Waals surface area contributed by atoms with Gasteiger partial charge < -0.3 is 5.11 Å². The molecule has 1 N–H and O–H groups in total. The van der Waals surface area contributed by atoms with E-state index in [2.05, 4.69) is 0 Å². The predicted molar refractivity (Wildman–Crippen MR) is 64.4 cm³/mol. The van der Waals surface area contributed by atoms with Gasteiger partial charge in [0.05, 0.1) is 6.54 Å². The largest absolute Gasteiger partial charge is 0.480 e. The van der Waals surface area contributed by atoms with Gasteiger partial charge in [0, 0.05) is 6.04 Å². The number of hydrogen-bond donors (Lipinski definition) is 1. The number of benzene rings is 1. The first-order chi connectivity index (χ1) is 8.02. The fourth-order valence-corrected chi connectivity index (χ4v) is 1.84. The lowest BCUT2D eigenvalue weighted by atomic mass is 10.1. The van der Waals surface area contributed by atoms with Gasteiger partial charge >= 0.3 is 5.97 Å². The maximum Gasteiger partial charge on any atom is 0.317 e. The monoisotopic (exact) mass is 239 g/mol. The standard InChI is InChI=1S/C13H18FNO2/c1-3-15(9-13(16)17)10(2)8-11-4-6-12(14)7-5-11/h4-7,10H,3,8-9H2,1-2H3,(H,16,17). The Kier molecular flexibility index (Phi) is 5.10. The minimum Gasteiger partial charge on any atom is -0.480 e. The highest BCUT2D eigenvalue weighted by Crippen LogP contribution is 2.09. The second kappa shape index (κ2) is 6.35. The summed E-state index contributed by atoms with van der Waals surface area (Å²) in [5.74, 6) is -1.07. The van der Waals surface area contributed by atoms with Crippen LogP contribution in [0.1, 0.15) is 19.4 Å². The SMILES string of the molecule is CCN(CC(=O)O)C(C)Cc1ccc(F)cc1. The number of carboxylic acid groups (broad SMARTS) is 1. The Labute approximate surface area is 101 Å². The molecule has 0 aliphatic carbocycles. The summed E-state index contributed by atoms with van der Waals surface area (Å²) in [6.45, 7) is 4.65. The summed E-state index contributed by atoms with van der Waals surface area (Å²) in [7, 11) is 0. The van der Waals surface area contributed by atoms with E-state index in [1.54, 1.807) is 12.1 Å². The summed E-state index contributed by atoms with van der Waals surface area (Å²) >= 11 is 0. The number of carboxylic acids is 1. The van der Waals surface area contributed by atoms with Gasteiger partial charge in [-0.3, -0.25) is 9.69 Å². The molecule has 0 fully saturated rings. The van der Waals surface area contributed by atoms with Crippen molar-refractivity contribution in [2.75, 3.05) is 13.1 Å². The van der Waals surface area contributed by atoms with E-state index >= 15 is 0 Å². The highest BCUT2D eigenvalue weighted by molar-refractivity contribution is 5.69. The Hall–Kier alpha value is -1.42. The van der Waals surface area contributed by atoms with Gasteiger partial charge in [0.1, 0.15) is 5.82 Å². The fourth-order valence-electron chi connectivity index (χ4n) is 1.84. The van der Waals surface area contributed by atoms with Gasteiger partial charge in [0.25, 0.3) is 0 Å². The van der Waals surface area contributed by atoms with Crippen LogP contribution in [0.25, 0.3) is 0 Å². The Bertz CT molecular complexity index is 364. The molecule has 0 amide bonds. The van der Waals surface area contributed by atoms with Crippen LogP contribution in [0.5, 0.6) is 0 Å². The number of nitrogens with zero attached hydrogens (tertiary/aromatic N) is 1. The van der Waals surface area contributed by atoms with Crippen molar-refractivity contribution < 1.29 is 14.3 Å². The number of halogens is 1. The third-order valence-electron chi connectivity index (χ3n) is 2.81. The molecule has 0 spiro atoms. The topological polar surface area (TPSA) is 40.5 Å². The van der Waals surface area contributed by atoms with Crippen LogP contribution in [0.2, 0.25) is 0 Å². The molecular formula is C13H18FNO2. The van der Waals surface area contributed by atoms with E-state index in [0.717, 1.165) is 12.0 Å². The molecule has 0 saturated carbocycles. The summed E-state index contributed by atoms with van der Waals surface area (Å²) in [5, 5.41) is 8.78. The molecule has 0 bridgehead atoms. The van der Waals surface area contributed by atoms with Gasteiger partial charge in [0.15, 0.2) is 0 Å². The van der Waals surface area contributed by atoms with Crippen molar-refractivity contribution in [3.8, 4) is 0 Å². The molecule has 4 heteroatoms. The zero-order chi connectivity index (χ0) is 12.8. The van der Waals surface area contributed by atoms with Gasteiger partial charge in [-0.15, -0.1) is 0 Å².